The van der Waals surface area contributed by atoms with Crippen LogP contribution in [0.3, 0.4) is 0 Å². The first-order chi connectivity index (χ1) is 15.0. The van der Waals surface area contributed by atoms with Gasteiger partial charge in [0.2, 0.25) is 5.28 Å². The van der Waals surface area contributed by atoms with E-state index < -0.39 is 31.1 Å². The summed E-state index contributed by atoms with van der Waals surface area (Å²) < 4.78 is 7.17. The fourth-order valence-corrected chi connectivity index (χ4v) is 5.46. The highest BCUT2D eigenvalue weighted by Crippen LogP contribution is 2.46. The van der Waals surface area contributed by atoms with Crippen LogP contribution >= 0.6 is 11.6 Å². The van der Waals surface area contributed by atoms with Crippen LogP contribution in [0.2, 0.25) is 5.28 Å². The Hall–Kier alpha value is -2.30. The zero-order valence-electron chi connectivity index (χ0n) is 16.6. The minimum absolute atomic E-state index is 0.0756. The van der Waals surface area contributed by atoms with Gasteiger partial charge in [-0.2, -0.15) is 9.97 Å². The first kappa shape index (κ1) is 19.4. The van der Waals surface area contributed by atoms with E-state index in [0.29, 0.717) is 17.0 Å². The Morgan fingerprint density at radius 3 is 2.45 bits per heavy atom. The van der Waals surface area contributed by atoms with Crippen molar-refractivity contribution in [3.05, 3.63) is 47.0 Å². The maximum absolute atomic E-state index is 10.4. The third kappa shape index (κ3) is 2.88. The number of anilines is 1. The molecule has 3 N–H and O–H groups in total. The molecule has 2 aliphatic heterocycles. The number of benzene rings is 1. The van der Waals surface area contributed by atoms with Crippen molar-refractivity contribution in [1.29, 1.82) is 0 Å². The average molecular weight is 444 g/mol. The summed E-state index contributed by atoms with van der Waals surface area (Å²) in [6.07, 6.45) is -0.631. The number of ether oxygens (including phenoxy) is 1. The first-order valence-electron chi connectivity index (χ1n) is 10.3. The minimum Gasteiger partial charge on any atom is -0.394 e. The van der Waals surface area contributed by atoms with Crippen molar-refractivity contribution < 1.29 is 20.1 Å². The normalized spacial score (nSPS) is 29.0. The summed E-state index contributed by atoms with van der Waals surface area (Å²) in [5.74, 6) is 0.655. The molecule has 6 rings (SSSR count). The van der Waals surface area contributed by atoms with Crippen molar-refractivity contribution in [3.63, 3.8) is 0 Å². The van der Waals surface area contributed by atoms with E-state index >= 15 is 0 Å². The number of hydrogen-bond acceptors (Lipinski definition) is 8. The lowest BCUT2D eigenvalue weighted by Gasteiger charge is -2.49. The van der Waals surface area contributed by atoms with Gasteiger partial charge in [0.25, 0.3) is 0 Å². The third-order valence-corrected chi connectivity index (χ3v) is 6.94. The molecule has 3 aliphatic rings. The summed E-state index contributed by atoms with van der Waals surface area (Å²) in [5.41, 5.74) is 4.02. The third-order valence-electron chi connectivity index (χ3n) is 6.77. The van der Waals surface area contributed by atoms with Crippen LogP contribution in [0, 0.1) is 5.41 Å². The summed E-state index contributed by atoms with van der Waals surface area (Å²) in [7, 11) is 0. The number of fused-ring (bicyclic) bond motifs is 2. The Labute approximate surface area is 182 Å². The number of aliphatic hydroxyl groups excluding tert-OH is 3. The van der Waals surface area contributed by atoms with Gasteiger partial charge in [-0.1, -0.05) is 24.3 Å². The number of nitrogens with zero attached hydrogens (tertiary/aromatic N) is 5. The van der Waals surface area contributed by atoms with Crippen LogP contribution < -0.4 is 4.90 Å². The van der Waals surface area contributed by atoms with Crippen molar-refractivity contribution in [3.8, 4) is 0 Å². The van der Waals surface area contributed by atoms with Crippen LogP contribution in [0.15, 0.2) is 30.6 Å². The lowest BCUT2D eigenvalue weighted by molar-refractivity contribution is -0.0511. The van der Waals surface area contributed by atoms with Gasteiger partial charge in [-0.3, -0.25) is 4.57 Å². The molecule has 1 spiro atoms. The second-order valence-corrected chi connectivity index (χ2v) is 9.19. The van der Waals surface area contributed by atoms with E-state index in [2.05, 4.69) is 44.1 Å². The van der Waals surface area contributed by atoms with Crippen LogP contribution in [0.5, 0.6) is 0 Å². The predicted octanol–water partition coefficient (Wildman–Crippen LogP) is 0.696. The fourth-order valence-electron chi connectivity index (χ4n) is 5.30. The van der Waals surface area contributed by atoms with E-state index in [1.807, 2.05) is 0 Å². The Morgan fingerprint density at radius 2 is 1.81 bits per heavy atom. The van der Waals surface area contributed by atoms with Crippen LogP contribution in [0.4, 0.5) is 5.82 Å². The predicted molar refractivity (Wildman–Crippen MR) is 112 cm³/mol. The molecule has 2 unspecified atom stereocenters. The fraction of sp³-hybridized carbons (Fsp3) is 0.476. The summed E-state index contributed by atoms with van der Waals surface area (Å²) in [6, 6.07) is 8.59. The SMILES string of the molecule is OC[C@H]1O[C@@H](n2cnc3c(N4CC5(Cc6ccccc6C5)C4)nc(Cl)nc32)C(O)C1O. The van der Waals surface area contributed by atoms with Gasteiger partial charge in [0.1, 0.15) is 18.3 Å². The number of rotatable bonds is 3. The molecule has 1 aliphatic carbocycles. The maximum Gasteiger partial charge on any atom is 0.226 e. The van der Waals surface area contributed by atoms with Crippen molar-refractivity contribution in [2.45, 2.75) is 37.4 Å². The molecule has 2 fully saturated rings. The average Bonchev–Trinajstić information content (AvgIpc) is 3.40. The molecule has 0 amide bonds. The van der Waals surface area contributed by atoms with E-state index in [1.165, 1.54) is 22.0 Å². The molecule has 2 aromatic heterocycles. The van der Waals surface area contributed by atoms with Crippen LogP contribution in [-0.4, -0.2) is 72.8 Å². The Bertz CT molecular complexity index is 1140. The highest BCUT2D eigenvalue weighted by Gasteiger charge is 2.48. The van der Waals surface area contributed by atoms with Crippen molar-refractivity contribution in [1.82, 2.24) is 19.5 Å². The number of aromatic nitrogens is 4. The highest BCUT2D eigenvalue weighted by molar-refractivity contribution is 6.28. The summed E-state index contributed by atoms with van der Waals surface area (Å²) in [5, 5.41) is 29.9. The van der Waals surface area contributed by atoms with Crippen molar-refractivity contribution in [2.24, 2.45) is 5.41 Å². The second kappa shape index (κ2) is 6.85. The minimum atomic E-state index is -1.23. The summed E-state index contributed by atoms with van der Waals surface area (Å²) >= 11 is 6.25. The van der Waals surface area contributed by atoms with Crippen molar-refractivity contribution >= 4 is 28.6 Å². The maximum atomic E-state index is 10.4. The number of aliphatic hydroxyl groups is 3. The molecule has 162 valence electrons. The molecule has 9 nitrogen and oxygen atoms in total. The molecule has 4 heterocycles. The summed E-state index contributed by atoms with van der Waals surface area (Å²) in [4.78, 5) is 15.4. The molecule has 4 atom stereocenters. The Morgan fingerprint density at radius 1 is 1.10 bits per heavy atom. The van der Waals surface area contributed by atoms with Gasteiger partial charge >= 0.3 is 0 Å². The lowest BCUT2D eigenvalue weighted by atomic mass is 9.77. The van der Waals surface area contributed by atoms with Crippen LogP contribution in [0.25, 0.3) is 11.2 Å². The van der Waals surface area contributed by atoms with E-state index in [9.17, 15) is 15.3 Å². The number of hydrogen-bond donors (Lipinski definition) is 3. The quantitative estimate of drug-likeness (QED) is 0.506. The molecule has 0 saturated carbocycles. The van der Waals surface area contributed by atoms with Gasteiger partial charge < -0.3 is 25.0 Å². The van der Waals surface area contributed by atoms with Gasteiger partial charge in [0, 0.05) is 18.5 Å². The van der Waals surface area contributed by atoms with Crippen molar-refractivity contribution in [2.75, 3.05) is 24.6 Å². The highest BCUT2D eigenvalue weighted by atomic mass is 35.5. The largest absolute Gasteiger partial charge is 0.394 e. The summed E-state index contributed by atoms with van der Waals surface area (Å²) in [6.45, 7) is 1.30. The molecule has 0 bridgehead atoms. The zero-order valence-corrected chi connectivity index (χ0v) is 17.4. The van der Waals surface area contributed by atoms with Gasteiger partial charge in [-0.25, -0.2) is 4.98 Å². The molecule has 10 heteroatoms. The smallest absolute Gasteiger partial charge is 0.226 e. The molecule has 1 aromatic carbocycles. The van der Waals surface area contributed by atoms with Gasteiger partial charge in [0.05, 0.1) is 12.9 Å². The first-order valence-corrected chi connectivity index (χ1v) is 10.7. The molecular formula is C21H22ClN5O4. The van der Waals surface area contributed by atoms with Crippen LogP contribution in [0.1, 0.15) is 17.4 Å². The van der Waals surface area contributed by atoms with E-state index in [0.717, 1.165) is 25.9 Å². The van der Waals surface area contributed by atoms with E-state index in [4.69, 9.17) is 16.3 Å². The molecule has 2 saturated heterocycles. The monoisotopic (exact) mass is 443 g/mol. The van der Waals surface area contributed by atoms with E-state index in [-0.39, 0.29) is 10.7 Å². The topological polar surface area (TPSA) is 117 Å². The lowest BCUT2D eigenvalue weighted by Crippen LogP contribution is -2.57. The molecule has 0 radical (unpaired) electrons. The Balaban J connectivity index is 1.30. The van der Waals surface area contributed by atoms with Gasteiger partial charge in [-0.15, -0.1) is 0 Å². The molecular weight excluding hydrogens is 422 g/mol. The number of imidazole rings is 1. The Kier molecular flexibility index (Phi) is 4.28. The zero-order chi connectivity index (χ0) is 21.3. The number of halogens is 1. The van der Waals surface area contributed by atoms with Crippen LogP contribution in [-0.2, 0) is 17.6 Å². The standard InChI is InChI=1S/C21H22ClN5O4/c22-20-24-17(26-8-21(9-26)5-11-3-1-2-4-12(11)6-21)14-18(25-20)27(10-23-14)19-16(30)15(29)13(7-28)31-19/h1-4,10,13,15-16,19,28-30H,5-9H2/t13-,15?,16?,19-/m1/s1. The second-order valence-electron chi connectivity index (χ2n) is 8.85. The molecule has 3 aromatic rings. The van der Waals surface area contributed by atoms with Gasteiger partial charge in [0.15, 0.2) is 23.2 Å². The molecule has 31 heavy (non-hydrogen) atoms. The van der Waals surface area contributed by atoms with Gasteiger partial charge in [-0.05, 0) is 35.6 Å². The van der Waals surface area contributed by atoms with E-state index in [1.54, 1.807) is 0 Å².